The van der Waals surface area contributed by atoms with Crippen LogP contribution in [0.3, 0.4) is 0 Å². The summed E-state index contributed by atoms with van der Waals surface area (Å²) >= 11 is 0. The SMILES string of the molecule is CCC(C(=O)NC)N(Cc1ccccc1)C(=O)CCCN(c1ccc(OC)cc1)S(C)(=O)=O. The first kappa shape index (κ1) is 26.2. The van der Waals surface area contributed by atoms with Crippen molar-refractivity contribution in [3.63, 3.8) is 0 Å². The van der Waals surface area contributed by atoms with E-state index < -0.39 is 16.1 Å². The molecule has 1 unspecified atom stereocenters. The number of hydrogen-bond acceptors (Lipinski definition) is 5. The lowest BCUT2D eigenvalue weighted by molar-refractivity contribution is -0.141. The number of carbonyl (C=O) groups is 2. The lowest BCUT2D eigenvalue weighted by atomic mass is 10.1. The van der Waals surface area contributed by atoms with Crippen molar-refractivity contribution >= 4 is 27.5 Å². The average Bonchev–Trinajstić information content (AvgIpc) is 2.81. The molecule has 0 heterocycles. The fourth-order valence-corrected chi connectivity index (χ4v) is 4.58. The standard InChI is InChI=1S/C24H33N3O5S/c1-5-22(24(29)25-2)26(18-19-10-7-6-8-11-19)23(28)12-9-17-27(33(4,30)31)20-13-15-21(32-3)16-14-20/h6-8,10-11,13-16,22H,5,9,12,17-18H2,1-4H3,(H,25,29). The van der Waals surface area contributed by atoms with Crippen LogP contribution >= 0.6 is 0 Å². The van der Waals surface area contributed by atoms with Gasteiger partial charge in [0.1, 0.15) is 11.8 Å². The number of ether oxygens (including phenoxy) is 1. The Bertz CT molecular complexity index is 1010. The first-order valence-electron chi connectivity index (χ1n) is 10.9. The summed E-state index contributed by atoms with van der Waals surface area (Å²) in [5.41, 5.74) is 1.42. The van der Waals surface area contributed by atoms with Gasteiger partial charge in [0.15, 0.2) is 0 Å². The van der Waals surface area contributed by atoms with Crippen molar-refractivity contribution < 1.29 is 22.7 Å². The smallest absolute Gasteiger partial charge is 0.242 e. The van der Waals surface area contributed by atoms with E-state index in [0.29, 0.717) is 30.8 Å². The second kappa shape index (κ2) is 12.2. The first-order valence-corrected chi connectivity index (χ1v) is 12.7. The van der Waals surface area contributed by atoms with Crippen molar-refractivity contribution in [3.05, 3.63) is 60.2 Å². The molecule has 33 heavy (non-hydrogen) atoms. The Morgan fingerprint density at radius 1 is 1.06 bits per heavy atom. The fraction of sp³-hybridized carbons (Fsp3) is 0.417. The summed E-state index contributed by atoms with van der Waals surface area (Å²) in [6.45, 7) is 2.31. The highest BCUT2D eigenvalue weighted by molar-refractivity contribution is 7.92. The number of anilines is 1. The van der Waals surface area contributed by atoms with Crippen molar-refractivity contribution in [1.82, 2.24) is 10.2 Å². The Labute approximate surface area is 196 Å². The van der Waals surface area contributed by atoms with Crippen LogP contribution in [0.4, 0.5) is 5.69 Å². The number of rotatable bonds is 12. The summed E-state index contributed by atoms with van der Waals surface area (Å²) in [6.07, 6.45) is 2.04. The summed E-state index contributed by atoms with van der Waals surface area (Å²) in [4.78, 5) is 27.2. The predicted octanol–water partition coefficient (Wildman–Crippen LogP) is 2.79. The molecule has 0 saturated heterocycles. The summed E-state index contributed by atoms with van der Waals surface area (Å²) in [7, 11) is -0.448. The van der Waals surface area contributed by atoms with Crippen LogP contribution in [0.5, 0.6) is 5.75 Å². The van der Waals surface area contributed by atoms with E-state index in [0.717, 1.165) is 11.8 Å². The molecule has 0 radical (unpaired) electrons. The highest BCUT2D eigenvalue weighted by atomic mass is 32.2. The zero-order valence-corrected chi connectivity index (χ0v) is 20.5. The molecule has 2 aromatic rings. The minimum atomic E-state index is -3.54. The van der Waals surface area contributed by atoms with Crippen molar-refractivity contribution in [2.75, 3.05) is 31.3 Å². The predicted molar refractivity (Wildman–Crippen MR) is 130 cm³/mol. The highest BCUT2D eigenvalue weighted by Crippen LogP contribution is 2.22. The summed E-state index contributed by atoms with van der Waals surface area (Å²) < 4.78 is 31.1. The van der Waals surface area contributed by atoms with E-state index in [1.54, 1.807) is 43.3 Å². The zero-order valence-electron chi connectivity index (χ0n) is 19.7. The van der Waals surface area contributed by atoms with Gasteiger partial charge in [-0.3, -0.25) is 13.9 Å². The fourth-order valence-electron chi connectivity index (χ4n) is 3.62. The van der Waals surface area contributed by atoms with E-state index in [9.17, 15) is 18.0 Å². The lowest BCUT2D eigenvalue weighted by Gasteiger charge is -2.30. The molecular weight excluding hydrogens is 442 g/mol. The van der Waals surface area contributed by atoms with E-state index >= 15 is 0 Å². The Hall–Kier alpha value is -3.07. The Morgan fingerprint density at radius 3 is 2.21 bits per heavy atom. The molecule has 0 aliphatic rings. The minimum Gasteiger partial charge on any atom is -0.497 e. The summed E-state index contributed by atoms with van der Waals surface area (Å²) in [5, 5.41) is 2.63. The van der Waals surface area contributed by atoms with Crippen LogP contribution in [0.2, 0.25) is 0 Å². The van der Waals surface area contributed by atoms with Crippen LogP contribution in [0.25, 0.3) is 0 Å². The largest absolute Gasteiger partial charge is 0.497 e. The molecule has 0 aliphatic carbocycles. The van der Waals surface area contributed by atoms with Gasteiger partial charge in [-0.15, -0.1) is 0 Å². The molecule has 2 aromatic carbocycles. The second-order valence-electron chi connectivity index (χ2n) is 7.68. The van der Waals surface area contributed by atoms with Crippen molar-refractivity contribution in [2.24, 2.45) is 0 Å². The molecule has 1 N–H and O–H groups in total. The van der Waals surface area contributed by atoms with Crippen LogP contribution in [0.15, 0.2) is 54.6 Å². The van der Waals surface area contributed by atoms with Gasteiger partial charge < -0.3 is 15.0 Å². The number of amides is 2. The van der Waals surface area contributed by atoms with Gasteiger partial charge in [-0.05, 0) is 42.7 Å². The molecule has 2 amide bonds. The van der Waals surface area contributed by atoms with E-state index in [1.165, 1.54) is 4.31 Å². The van der Waals surface area contributed by atoms with E-state index in [-0.39, 0.29) is 24.8 Å². The third-order valence-electron chi connectivity index (χ3n) is 5.34. The molecule has 9 heteroatoms. The van der Waals surface area contributed by atoms with Crippen LogP contribution < -0.4 is 14.4 Å². The van der Waals surface area contributed by atoms with Crippen molar-refractivity contribution in [3.8, 4) is 5.75 Å². The number of nitrogens with zero attached hydrogens (tertiary/aromatic N) is 2. The second-order valence-corrected chi connectivity index (χ2v) is 9.59. The molecule has 0 fully saturated rings. The lowest BCUT2D eigenvalue weighted by Crippen LogP contribution is -2.48. The molecule has 0 spiro atoms. The maximum Gasteiger partial charge on any atom is 0.242 e. The van der Waals surface area contributed by atoms with Gasteiger partial charge in [0, 0.05) is 26.6 Å². The van der Waals surface area contributed by atoms with Gasteiger partial charge in [0.25, 0.3) is 0 Å². The van der Waals surface area contributed by atoms with Gasteiger partial charge in [-0.25, -0.2) is 8.42 Å². The van der Waals surface area contributed by atoms with Gasteiger partial charge in [0.2, 0.25) is 21.8 Å². The Balaban J connectivity index is 2.15. The van der Waals surface area contributed by atoms with E-state index in [4.69, 9.17) is 4.74 Å². The van der Waals surface area contributed by atoms with Crippen molar-refractivity contribution in [1.29, 1.82) is 0 Å². The third kappa shape index (κ3) is 7.49. The summed E-state index contributed by atoms with van der Waals surface area (Å²) in [5.74, 6) is 0.203. The van der Waals surface area contributed by atoms with Gasteiger partial charge >= 0.3 is 0 Å². The van der Waals surface area contributed by atoms with Crippen LogP contribution in [0, 0.1) is 0 Å². The number of hydrogen-bond donors (Lipinski definition) is 1. The monoisotopic (exact) mass is 475 g/mol. The highest BCUT2D eigenvalue weighted by Gasteiger charge is 2.28. The molecule has 0 saturated carbocycles. The van der Waals surface area contributed by atoms with Crippen LogP contribution in [-0.4, -0.2) is 58.1 Å². The molecule has 8 nitrogen and oxygen atoms in total. The quantitative estimate of drug-likeness (QED) is 0.509. The third-order valence-corrected chi connectivity index (χ3v) is 6.53. The first-order chi connectivity index (χ1) is 15.7. The maximum absolute atomic E-state index is 13.2. The van der Waals surface area contributed by atoms with Crippen LogP contribution in [0.1, 0.15) is 31.7 Å². The molecule has 0 bridgehead atoms. The maximum atomic E-state index is 13.2. The molecule has 0 aromatic heterocycles. The number of likely N-dealkylation sites (N-methyl/N-ethyl adjacent to an activating group) is 1. The topological polar surface area (TPSA) is 96.0 Å². The number of nitrogens with one attached hydrogen (secondary N) is 1. The Morgan fingerprint density at radius 2 is 1.70 bits per heavy atom. The molecular formula is C24H33N3O5S. The Kier molecular flexibility index (Phi) is 9.72. The molecule has 1 atom stereocenters. The normalized spacial score (nSPS) is 12.0. The molecule has 0 aliphatic heterocycles. The number of methoxy groups -OCH3 is 1. The van der Waals surface area contributed by atoms with Crippen LogP contribution in [-0.2, 0) is 26.2 Å². The number of carbonyl (C=O) groups excluding carboxylic acids is 2. The zero-order chi connectivity index (χ0) is 24.4. The summed E-state index contributed by atoms with van der Waals surface area (Å²) in [6, 6.07) is 15.6. The van der Waals surface area contributed by atoms with E-state index in [1.807, 2.05) is 37.3 Å². The van der Waals surface area contributed by atoms with Gasteiger partial charge in [-0.1, -0.05) is 37.3 Å². The number of sulfonamides is 1. The average molecular weight is 476 g/mol. The van der Waals surface area contributed by atoms with Gasteiger partial charge in [-0.2, -0.15) is 0 Å². The molecule has 2 rings (SSSR count). The van der Waals surface area contributed by atoms with E-state index in [2.05, 4.69) is 5.32 Å². The molecule has 180 valence electrons. The minimum absolute atomic E-state index is 0.114. The van der Waals surface area contributed by atoms with Gasteiger partial charge in [0.05, 0.1) is 19.1 Å². The van der Waals surface area contributed by atoms with Crippen molar-refractivity contribution in [2.45, 2.75) is 38.8 Å². The number of benzene rings is 2.